The molecule has 0 fully saturated rings. The molecule has 1 rings (SSSR count). The number of nitrogens with one attached hydrogen (secondary N) is 2. The van der Waals surface area contributed by atoms with E-state index in [1.165, 1.54) is 13.1 Å². The van der Waals surface area contributed by atoms with Crippen LogP contribution in [0.4, 0.5) is 29.3 Å². The van der Waals surface area contributed by atoms with Crippen molar-refractivity contribution in [1.29, 1.82) is 0 Å². The summed E-state index contributed by atoms with van der Waals surface area (Å²) in [5.74, 6) is 0. The normalized spacial score (nSPS) is 11.0. The SMILES string of the molecule is CNC(=O)Nc1ccc(N)cc1C(F)(F)F. The molecular weight excluding hydrogens is 223 g/mol. The van der Waals surface area contributed by atoms with Crippen molar-refractivity contribution in [1.82, 2.24) is 5.32 Å². The summed E-state index contributed by atoms with van der Waals surface area (Å²) in [6.45, 7) is 0. The number of carbonyl (C=O) groups is 1. The molecule has 0 saturated carbocycles. The van der Waals surface area contributed by atoms with E-state index in [2.05, 4.69) is 10.6 Å². The summed E-state index contributed by atoms with van der Waals surface area (Å²) in [6.07, 6.45) is -4.56. The Morgan fingerprint density at radius 1 is 1.38 bits per heavy atom. The number of anilines is 2. The molecule has 0 aliphatic rings. The molecule has 0 radical (unpaired) electrons. The summed E-state index contributed by atoms with van der Waals surface area (Å²) in [5, 5.41) is 4.23. The van der Waals surface area contributed by atoms with E-state index in [9.17, 15) is 18.0 Å². The minimum Gasteiger partial charge on any atom is -0.399 e. The molecule has 1 aromatic rings. The van der Waals surface area contributed by atoms with Crippen LogP contribution in [-0.2, 0) is 6.18 Å². The predicted molar refractivity (Wildman–Crippen MR) is 53.9 cm³/mol. The third-order valence-corrected chi connectivity index (χ3v) is 1.82. The number of alkyl halides is 3. The fourth-order valence-electron chi connectivity index (χ4n) is 1.09. The molecular formula is C9H10F3N3O. The largest absolute Gasteiger partial charge is 0.418 e. The van der Waals surface area contributed by atoms with Crippen LogP contribution in [0.5, 0.6) is 0 Å². The summed E-state index contributed by atoms with van der Waals surface area (Å²) in [7, 11) is 1.31. The average molecular weight is 233 g/mol. The van der Waals surface area contributed by atoms with Crippen LogP contribution in [0.3, 0.4) is 0 Å². The Kier molecular flexibility index (Phi) is 3.26. The molecule has 0 unspecified atom stereocenters. The lowest BCUT2D eigenvalue weighted by molar-refractivity contribution is -0.136. The minimum atomic E-state index is -4.56. The molecule has 0 saturated heterocycles. The third-order valence-electron chi connectivity index (χ3n) is 1.82. The zero-order chi connectivity index (χ0) is 12.3. The molecule has 0 atom stereocenters. The fourth-order valence-corrected chi connectivity index (χ4v) is 1.09. The Morgan fingerprint density at radius 3 is 2.50 bits per heavy atom. The molecule has 7 heteroatoms. The lowest BCUT2D eigenvalue weighted by Gasteiger charge is -2.14. The van der Waals surface area contributed by atoms with E-state index in [0.717, 1.165) is 12.1 Å². The molecule has 4 N–H and O–H groups in total. The van der Waals surface area contributed by atoms with Gasteiger partial charge >= 0.3 is 12.2 Å². The van der Waals surface area contributed by atoms with Crippen LogP contribution >= 0.6 is 0 Å². The maximum Gasteiger partial charge on any atom is 0.418 e. The summed E-state index contributed by atoms with van der Waals surface area (Å²) in [6, 6.07) is 2.43. The number of nitrogen functional groups attached to an aromatic ring is 1. The van der Waals surface area contributed by atoms with Gasteiger partial charge in [0.15, 0.2) is 0 Å². The summed E-state index contributed by atoms with van der Waals surface area (Å²) >= 11 is 0. The quantitative estimate of drug-likeness (QED) is 0.650. The summed E-state index contributed by atoms with van der Waals surface area (Å²) in [5.41, 5.74) is 3.93. The van der Waals surface area contributed by atoms with Gasteiger partial charge in [0.05, 0.1) is 11.3 Å². The maximum absolute atomic E-state index is 12.6. The van der Waals surface area contributed by atoms with Gasteiger partial charge in [0, 0.05) is 12.7 Å². The van der Waals surface area contributed by atoms with Crippen molar-refractivity contribution in [3.63, 3.8) is 0 Å². The molecule has 0 aliphatic carbocycles. The first-order valence-electron chi connectivity index (χ1n) is 4.30. The smallest absolute Gasteiger partial charge is 0.399 e. The van der Waals surface area contributed by atoms with Crippen molar-refractivity contribution in [3.05, 3.63) is 23.8 Å². The van der Waals surface area contributed by atoms with Crippen LogP contribution in [0.1, 0.15) is 5.56 Å². The van der Waals surface area contributed by atoms with Gasteiger partial charge in [0.2, 0.25) is 0 Å². The Morgan fingerprint density at radius 2 is 2.00 bits per heavy atom. The molecule has 0 heterocycles. The molecule has 0 bridgehead atoms. The van der Waals surface area contributed by atoms with E-state index in [1.807, 2.05) is 0 Å². The van der Waals surface area contributed by atoms with E-state index in [4.69, 9.17) is 5.73 Å². The van der Waals surface area contributed by atoms with E-state index in [0.29, 0.717) is 0 Å². The first-order chi connectivity index (χ1) is 7.34. The Bertz CT molecular complexity index is 403. The minimum absolute atomic E-state index is 0.0187. The molecule has 0 spiro atoms. The van der Waals surface area contributed by atoms with Gasteiger partial charge in [0.1, 0.15) is 0 Å². The highest BCUT2D eigenvalue weighted by atomic mass is 19.4. The summed E-state index contributed by atoms with van der Waals surface area (Å²) < 4.78 is 37.7. The number of benzene rings is 1. The van der Waals surface area contributed by atoms with Gasteiger partial charge in [0.25, 0.3) is 0 Å². The van der Waals surface area contributed by atoms with E-state index >= 15 is 0 Å². The highest BCUT2D eigenvalue weighted by Gasteiger charge is 2.34. The first-order valence-corrected chi connectivity index (χ1v) is 4.30. The zero-order valence-corrected chi connectivity index (χ0v) is 8.35. The average Bonchev–Trinajstić information content (AvgIpc) is 2.19. The lowest BCUT2D eigenvalue weighted by atomic mass is 10.1. The van der Waals surface area contributed by atoms with Gasteiger partial charge in [-0.1, -0.05) is 0 Å². The predicted octanol–water partition coefficient (Wildman–Crippen LogP) is 2.04. The van der Waals surface area contributed by atoms with Crippen molar-refractivity contribution in [2.45, 2.75) is 6.18 Å². The van der Waals surface area contributed by atoms with Crippen molar-refractivity contribution >= 4 is 17.4 Å². The van der Waals surface area contributed by atoms with Crippen LogP contribution < -0.4 is 16.4 Å². The second-order valence-electron chi connectivity index (χ2n) is 3.01. The van der Waals surface area contributed by atoms with Crippen molar-refractivity contribution in [2.75, 3.05) is 18.1 Å². The zero-order valence-electron chi connectivity index (χ0n) is 8.35. The first kappa shape index (κ1) is 12.2. The second-order valence-corrected chi connectivity index (χ2v) is 3.01. The number of hydrogen-bond acceptors (Lipinski definition) is 2. The third kappa shape index (κ3) is 2.78. The van der Waals surface area contributed by atoms with Crippen LogP contribution in [0, 0.1) is 0 Å². The molecule has 2 amide bonds. The Hall–Kier alpha value is -1.92. The van der Waals surface area contributed by atoms with Gasteiger partial charge < -0.3 is 16.4 Å². The van der Waals surface area contributed by atoms with E-state index in [1.54, 1.807) is 0 Å². The molecule has 1 aromatic carbocycles. The number of carbonyl (C=O) groups excluding carboxylic acids is 1. The van der Waals surface area contributed by atoms with Crippen molar-refractivity contribution in [2.24, 2.45) is 0 Å². The number of rotatable bonds is 1. The standard InChI is InChI=1S/C9H10F3N3O/c1-14-8(16)15-7-3-2-5(13)4-6(7)9(10,11)12/h2-4H,13H2,1H3,(H2,14,15,16). The van der Waals surface area contributed by atoms with Crippen molar-refractivity contribution < 1.29 is 18.0 Å². The number of halogens is 3. The lowest BCUT2D eigenvalue weighted by Crippen LogP contribution is -2.26. The monoisotopic (exact) mass is 233 g/mol. The van der Waals surface area contributed by atoms with Gasteiger partial charge in [-0.2, -0.15) is 13.2 Å². The van der Waals surface area contributed by atoms with Gasteiger partial charge in [-0.3, -0.25) is 0 Å². The van der Waals surface area contributed by atoms with Crippen LogP contribution in [0.25, 0.3) is 0 Å². The molecule has 88 valence electrons. The molecule has 0 aromatic heterocycles. The highest BCUT2D eigenvalue weighted by Crippen LogP contribution is 2.35. The van der Waals surface area contributed by atoms with E-state index < -0.39 is 17.8 Å². The number of nitrogens with two attached hydrogens (primary N) is 1. The van der Waals surface area contributed by atoms with Crippen LogP contribution in [0.15, 0.2) is 18.2 Å². The van der Waals surface area contributed by atoms with E-state index in [-0.39, 0.29) is 11.4 Å². The Balaban J connectivity index is 3.13. The maximum atomic E-state index is 12.6. The topological polar surface area (TPSA) is 67.2 Å². The highest BCUT2D eigenvalue weighted by molar-refractivity contribution is 5.90. The Labute approximate surface area is 89.6 Å². The molecule has 4 nitrogen and oxygen atoms in total. The number of urea groups is 1. The second kappa shape index (κ2) is 4.30. The number of amides is 2. The van der Waals surface area contributed by atoms with Crippen LogP contribution in [-0.4, -0.2) is 13.1 Å². The number of hydrogen-bond donors (Lipinski definition) is 3. The fraction of sp³-hybridized carbons (Fsp3) is 0.222. The van der Waals surface area contributed by atoms with Gasteiger partial charge in [-0.05, 0) is 18.2 Å². The van der Waals surface area contributed by atoms with Crippen molar-refractivity contribution in [3.8, 4) is 0 Å². The molecule has 16 heavy (non-hydrogen) atoms. The van der Waals surface area contributed by atoms with Gasteiger partial charge in [-0.25, -0.2) is 4.79 Å². The van der Waals surface area contributed by atoms with Gasteiger partial charge in [-0.15, -0.1) is 0 Å². The molecule has 0 aliphatic heterocycles. The summed E-state index contributed by atoms with van der Waals surface area (Å²) in [4.78, 5) is 10.9. The van der Waals surface area contributed by atoms with Crippen LogP contribution in [0.2, 0.25) is 0 Å².